The van der Waals surface area contributed by atoms with Crippen LogP contribution in [0.2, 0.25) is 0 Å². The maximum Gasteiger partial charge on any atom is 0.304 e. The summed E-state index contributed by atoms with van der Waals surface area (Å²) in [4.78, 5) is 31.2. The number of hydrogen-bond acceptors (Lipinski definition) is 5. The first-order valence-electron chi connectivity index (χ1n) is 8.56. The van der Waals surface area contributed by atoms with Crippen LogP contribution >= 0.6 is 0 Å². The number of benzene rings is 2. The topological polar surface area (TPSA) is 89.9 Å². The van der Waals surface area contributed by atoms with Crippen molar-refractivity contribution in [3.63, 3.8) is 0 Å². The van der Waals surface area contributed by atoms with E-state index in [9.17, 15) is 9.59 Å². The van der Waals surface area contributed by atoms with Crippen LogP contribution in [0, 0.1) is 0 Å². The highest BCUT2D eigenvalue weighted by Crippen LogP contribution is 2.28. The molecule has 0 saturated heterocycles. The van der Waals surface area contributed by atoms with E-state index in [2.05, 4.69) is 15.1 Å². The number of ketones is 1. The van der Waals surface area contributed by atoms with Crippen molar-refractivity contribution in [1.29, 1.82) is 0 Å². The van der Waals surface area contributed by atoms with Crippen LogP contribution in [-0.4, -0.2) is 25.5 Å². The van der Waals surface area contributed by atoms with Crippen molar-refractivity contribution in [3.8, 4) is 17.4 Å². The van der Waals surface area contributed by atoms with Crippen LogP contribution in [0.15, 0.2) is 59.5 Å². The van der Waals surface area contributed by atoms with Gasteiger partial charge in [0.15, 0.2) is 11.4 Å². The number of fused-ring (bicyclic) bond motifs is 2. The Morgan fingerprint density at radius 3 is 2.74 bits per heavy atom. The summed E-state index contributed by atoms with van der Waals surface area (Å²) >= 11 is 0. The minimum atomic E-state index is -0.325. The molecule has 7 nitrogen and oxygen atoms in total. The molecule has 0 spiro atoms. The zero-order valence-corrected chi connectivity index (χ0v) is 14.2. The van der Waals surface area contributed by atoms with E-state index in [1.165, 1.54) is 6.20 Å². The van der Waals surface area contributed by atoms with Gasteiger partial charge >= 0.3 is 6.01 Å². The van der Waals surface area contributed by atoms with Gasteiger partial charge in [-0.15, -0.1) is 0 Å². The van der Waals surface area contributed by atoms with Crippen molar-refractivity contribution in [2.75, 3.05) is 0 Å². The Kier molecular flexibility index (Phi) is 3.39. The Hall–Kier alpha value is -3.74. The fraction of sp³-hybridized carbons (Fsp3) is 0.100. The molecule has 2 aromatic carbocycles. The molecule has 0 unspecified atom stereocenters. The van der Waals surface area contributed by atoms with Gasteiger partial charge in [-0.2, -0.15) is 10.1 Å². The van der Waals surface area contributed by atoms with Crippen molar-refractivity contribution in [2.45, 2.75) is 12.8 Å². The average molecular weight is 358 g/mol. The van der Waals surface area contributed by atoms with Crippen molar-refractivity contribution in [2.24, 2.45) is 0 Å². The monoisotopic (exact) mass is 358 g/mol. The van der Waals surface area contributed by atoms with Gasteiger partial charge in [0.1, 0.15) is 11.1 Å². The van der Waals surface area contributed by atoms with Gasteiger partial charge in [-0.25, -0.2) is 4.68 Å². The molecular weight excluding hydrogens is 344 g/mol. The molecule has 2 aromatic heterocycles. The molecule has 1 aliphatic rings. The average Bonchev–Trinajstić information content (AvgIpc) is 3.27. The largest absolute Gasteiger partial charge is 0.426 e. The number of H-pyrrole nitrogens is 1. The van der Waals surface area contributed by atoms with E-state index in [-0.39, 0.29) is 17.4 Å². The van der Waals surface area contributed by atoms with Gasteiger partial charge < -0.3 is 4.74 Å². The van der Waals surface area contributed by atoms with Gasteiger partial charge in [-0.3, -0.25) is 14.6 Å². The van der Waals surface area contributed by atoms with Crippen LogP contribution in [-0.2, 0) is 6.42 Å². The van der Waals surface area contributed by atoms with E-state index in [1.54, 1.807) is 16.8 Å². The van der Waals surface area contributed by atoms with E-state index < -0.39 is 0 Å². The lowest BCUT2D eigenvalue weighted by Gasteiger charge is -2.07. The molecule has 0 bridgehead atoms. The number of nitrogens with zero attached hydrogens (tertiary/aromatic N) is 3. The smallest absolute Gasteiger partial charge is 0.304 e. The second-order valence-corrected chi connectivity index (χ2v) is 6.34. The fourth-order valence-electron chi connectivity index (χ4n) is 3.31. The molecule has 2 heterocycles. The molecule has 0 amide bonds. The van der Waals surface area contributed by atoms with Crippen LogP contribution in [0.4, 0.5) is 0 Å². The number of aryl methyl sites for hydroxylation is 1. The van der Waals surface area contributed by atoms with E-state index in [1.807, 2.05) is 36.4 Å². The molecule has 5 rings (SSSR count). The number of hydrogen-bond donors (Lipinski definition) is 1. The molecule has 0 aliphatic heterocycles. The lowest BCUT2D eigenvalue weighted by molar-refractivity contribution is 0.0994. The van der Waals surface area contributed by atoms with Gasteiger partial charge in [0, 0.05) is 12.0 Å². The summed E-state index contributed by atoms with van der Waals surface area (Å²) in [7, 11) is 0. The highest BCUT2D eigenvalue weighted by Gasteiger charge is 2.20. The quantitative estimate of drug-likeness (QED) is 0.608. The Morgan fingerprint density at radius 2 is 1.89 bits per heavy atom. The van der Waals surface area contributed by atoms with E-state index in [0.717, 1.165) is 16.8 Å². The summed E-state index contributed by atoms with van der Waals surface area (Å²) in [6.45, 7) is 0. The van der Waals surface area contributed by atoms with Gasteiger partial charge in [0.2, 0.25) is 0 Å². The summed E-state index contributed by atoms with van der Waals surface area (Å²) in [5, 5.41) is 4.65. The minimum Gasteiger partial charge on any atom is -0.426 e. The summed E-state index contributed by atoms with van der Waals surface area (Å²) in [5.74, 6) is 0.674. The van der Waals surface area contributed by atoms with Crippen molar-refractivity contribution >= 4 is 16.8 Å². The zero-order chi connectivity index (χ0) is 18.4. The predicted octanol–water partition coefficient (Wildman–Crippen LogP) is 3.03. The molecule has 0 radical (unpaired) electrons. The fourth-order valence-corrected chi connectivity index (χ4v) is 3.31. The van der Waals surface area contributed by atoms with Gasteiger partial charge in [0.25, 0.3) is 5.56 Å². The lowest BCUT2D eigenvalue weighted by Crippen LogP contribution is -2.10. The molecule has 1 N–H and O–H groups in total. The predicted molar refractivity (Wildman–Crippen MR) is 98.7 cm³/mol. The second kappa shape index (κ2) is 5.91. The molecule has 0 saturated carbocycles. The summed E-state index contributed by atoms with van der Waals surface area (Å²) in [6, 6.07) is 14.8. The number of nitrogens with one attached hydrogen (secondary N) is 1. The third-order valence-electron chi connectivity index (χ3n) is 4.63. The first-order chi connectivity index (χ1) is 13.2. The number of para-hydroxylation sites is 1. The van der Waals surface area contributed by atoms with E-state index >= 15 is 0 Å². The highest BCUT2D eigenvalue weighted by atomic mass is 16.5. The van der Waals surface area contributed by atoms with Gasteiger partial charge in [0.05, 0.1) is 11.9 Å². The normalized spacial score (nSPS) is 13.1. The molecule has 0 atom stereocenters. The third-order valence-corrected chi connectivity index (χ3v) is 4.63. The Bertz CT molecular complexity index is 1240. The SMILES string of the molecule is O=C1CCc2cc(Oc3nc4c(cnn4-c4ccccc4)c(=O)[nH]3)ccc21. The Labute approximate surface area is 153 Å². The van der Waals surface area contributed by atoms with Crippen LogP contribution in [0.5, 0.6) is 11.8 Å². The lowest BCUT2D eigenvalue weighted by atomic mass is 10.1. The van der Waals surface area contributed by atoms with E-state index in [0.29, 0.717) is 29.6 Å². The molecule has 7 heteroatoms. The molecule has 4 aromatic rings. The maximum absolute atomic E-state index is 12.4. The summed E-state index contributed by atoms with van der Waals surface area (Å²) in [5.41, 5.74) is 2.58. The Balaban J connectivity index is 1.56. The highest BCUT2D eigenvalue weighted by molar-refractivity contribution is 6.00. The van der Waals surface area contributed by atoms with Crippen LogP contribution < -0.4 is 10.3 Å². The first kappa shape index (κ1) is 15.5. The number of carbonyl (C=O) groups is 1. The molecular formula is C20H14N4O3. The van der Waals surface area contributed by atoms with Crippen molar-refractivity contribution in [3.05, 3.63) is 76.2 Å². The number of carbonyl (C=O) groups excluding carboxylic acids is 1. The molecule has 1 aliphatic carbocycles. The number of rotatable bonds is 3. The van der Waals surface area contributed by atoms with Gasteiger partial charge in [-0.05, 0) is 42.3 Å². The van der Waals surface area contributed by atoms with Crippen LogP contribution in [0.25, 0.3) is 16.7 Å². The minimum absolute atomic E-state index is 0.0782. The van der Waals surface area contributed by atoms with Crippen molar-refractivity contribution < 1.29 is 9.53 Å². The number of aromatic amines is 1. The number of ether oxygens (including phenoxy) is 1. The third kappa shape index (κ3) is 2.60. The van der Waals surface area contributed by atoms with Gasteiger partial charge in [-0.1, -0.05) is 18.2 Å². The Morgan fingerprint density at radius 1 is 1.04 bits per heavy atom. The van der Waals surface area contributed by atoms with Crippen LogP contribution in [0.1, 0.15) is 22.3 Å². The van der Waals surface area contributed by atoms with Crippen molar-refractivity contribution in [1.82, 2.24) is 19.7 Å². The standard InChI is InChI=1S/C20H14N4O3/c25-17-9-6-12-10-14(7-8-15(12)17)27-20-22-18-16(19(26)23-20)11-21-24(18)13-4-2-1-3-5-13/h1-5,7-8,10-11H,6,9H2,(H,22,23,26). The maximum atomic E-state index is 12.4. The molecule has 27 heavy (non-hydrogen) atoms. The summed E-state index contributed by atoms with van der Waals surface area (Å²) in [6.07, 6.45) is 2.71. The van der Waals surface area contributed by atoms with Crippen LogP contribution in [0.3, 0.4) is 0 Å². The second-order valence-electron chi connectivity index (χ2n) is 6.34. The molecule has 132 valence electrons. The zero-order valence-electron chi connectivity index (χ0n) is 14.2. The number of Topliss-reactive ketones (excluding diaryl/α,β-unsaturated/α-hetero) is 1. The molecule has 0 fully saturated rings. The number of aromatic nitrogens is 4. The summed E-state index contributed by atoms with van der Waals surface area (Å²) < 4.78 is 7.37. The first-order valence-corrected chi connectivity index (χ1v) is 8.56. The van der Waals surface area contributed by atoms with E-state index in [4.69, 9.17) is 4.74 Å².